The van der Waals surface area contributed by atoms with Crippen LogP contribution in [0.4, 0.5) is 0 Å². The largest absolute Gasteiger partial charge is 0.369 e. The van der Waals surface area contributed by atoms with Crippen molar-refractivity contribution in [3.8, 4) is 0 Å². The van der Waals surface area contributed by atoms with Crippen LogP contribution < -0.4 is 5.73 Å². The standard InChI is InChI=1S/C21H24N2O2S/c22-21(25)18-11-13-23(14-12-18)19(24)15-26-20(16-7-3-1-4-8-16)17-9-5-2-6-10-17/h1-10,18,20H,11-15H2,(H2,22,25). The Hall–Kier alpha value is -2.27. The molecule has 4 nitrogen and oxygen atoms in total. The van der Waals surface area contributed by atoms with Gasteiger partial charge in [-0.05, 0) is 24.0 Å². The van der Waals surface area contributed by atoms with Crippen LogP contribution in [0.5, 0.6) is 0 Å². The second kappa shape index (κ2) is 8.90. The Labute approximate surface area is 158 Å². The van der Waals surface area contributed by atoms with Crippen molar-refractivity contribution in [1.29, 1.82) is 0 Å². The molecule has 2 N–H and O–H groups in total. The summed E-state index contributed by atoms with van der Waals surface area (Å²) in [5.41, 5.74) is 7.77. The molecular formula is C21H24N2O2S. The van der Waals surface area contributed by atoms with Gasteiger partial charge in [-0.2, -0.15) is 0 Å². The van der Waals surface area contributed by atoms with E-state index < -0.39 is 0 Å². The average molecular weight is 369 g/mol. The number of hydrogen-bond acceptors (Lipinski definition) is 3. The summed E-state index contributed by atoms with van der Waals surface area (Å²) in [5.74, 6) is 0.220. The molecule has 2 aromatic carbocycles. The van der Waals surface area contributed by atoms with E-state index >= 15 is 0 Å². The van der Waals surface area contributed by atoms with Crippen LogP contribution in [0.15, 0.2) is 60.7 Å². The maximum Gasteiger partial charge on any atom is 0.232 e. The fourth-order valence-electron chi connectivity index (χ4n) is 3.30. The fraction of sp³-hybridized carbons (Fsp3) is 0.333. The van der Waals surface area contributed by atoms with Gasteiger partial charge in [0.2, 0.25) is 11.8 Å². The van der Waals surface area contributed by atoms with Crippen LogP contribution in [0, 0.1) is 5.92 Å². The fourth-order valence-corrected chi connectivity index (χ4v) is 4.49. The molecule has 1 fully saturated rings. The van der Waals surface area contributed by atoms with Gasteiger partial charge in [0.25, 0.3) is 0 Å². The number of hydrogen-bond donors (Lipinski definition) is 1. The highest BCUT2D eigenvalue weighted by atomic mass is 32.2. The Morgan fingerprint density at radius 1 is 0.962 bits per heavy atom. The minimum absolute atomic E-state index is 0.0897. The van der Waals surface area contributed by atoms with E-state index in [2.05, 4.69) is 24.3 Å². The van der Waals surface area contributed by atoms with Crippen molar-refractivity contribution < 1.29 is 9.59 Å². The SMILES string of the molecule is NC(=O)C1CCN(C(=O)CSC(c2ccccc2)c2ccccc2)CC1. The highest BCUT2D eigenvalue weighted by Gasteiger charge is 2.26. The van der Waals surface area contributed by atoms with E-state index in [1.807, 2.05) is 41.3 Å². The van der Waals surface area contributed by atoms with Crippen LogP contribution in [0.1, 0.15) is 29.2 Å². The molecule has 26 heavy (non-hydrogen) atoms. The highest BCUT2D eigenvalue weighted by Crippen LogP contribution is 2.35. The lowest BCUT2D eigenvalue weighted by Gasteiger charge is -2.31. The van der Waals surface area contributed by atoms with Gasteiger partial charge in [0.15, 0.2) is 0 Å². The van der Waals surface area contributed by atoms with E-state index in [0.717, 1.165) is 0 Å². The van der Waals surface area contributed by atoms with Crippen LogP contribution in [0.3, 0.4) is 0 Å². The second-order valence-electron chi connectivity index (χ2n) is 6.57. The number of benzene rings is 2. The molecule has 0 bridgehead atoms. The van der Waals surface area contributed by atoms with Gasteiger partial charge in [-0.3, -0.25) is 9.59 Å². The van der Waals surface area contributed by atoms with Gasteiger partial charge >= 0.3 is 0 Å². The van der Waals surface area contributed by atoms with Crippen LogP contribution in [-0.4, -0.2) is 35.6 Å². The van der Waals surface area contributed by atoms with E-state index in [0.29, 0.717) is 31.7 Å². The number of likely N-dealkylation sites (tertiary alicyclic amines) is 1. The van der Waals surface area contributed by atoms with Gasteiger partial charge in [0.1, 0.15) is 0 Å². The molecule has 1 aliphatic heterocycles. The van der Waals surface area contributed by atoms with Gasteiger partial charge in [0.05, 0.1) is 11.0 Å². The Bertz CT molecular complexity index is 689. The minimum Gasteiger partial charge on any atom is -0.369 e. The Morgan fingerprint density at radius 2 is 1.46 bits per heavy atom. The molecule has 2 amide bonds. The number of rotatable bonds is 6. The molecule has 1 heterocycles. The van der Waals surface area contributed by atoms with Crippen molar-refractivity contribution in [2.45, 2.75) is 18.1 Å². The summed E-state index contributed by atoms with van der Waals surface area (Å²) in [7, 11) is 0. The van der Waals surface area contributed by atoms with E-state index in [1.54, 1.807) is 11.8 Å². The second-order valence-corrected chi connectivity index (χ2v) is 7.66. The molecule has 0 radical (unpaired) electrons. The monoisotopic (exact) mass is 368 g/mol. The summed E-state index contributed by atoms with van der Waals surface area (Å²) in [6.07, 6.45) is 1.35. The highest BCUT2D eigenvalue weighted by molar-refractivity contribution is 8.00. The number of primary amides is 1. The zero-order valence-electron chi connectivity index (χ0n) is 14.7. The molecule has 0 aromatic heterocycles. The Balaban J connectivity index is 1.63. The third-order valence-electron chi connectivity index (χ3n) is 4.83. The number of thioether (sulfide) groups is 1. The molecule has 1 aliphatic rings. The zero-order chi connectivity index (χ0) is 18.4. The van der Waals surface area contributed by atoms with Crippen molar-refractivity contribution in [2.75, 3.05) is 18.8 Å². The van der Waals surface area contributed by atoms with Gasteiger partial charge in [-0.25, -0.2) is 0 Å². The normalized spacial score (nSPS) is 15.2. The lowest BCUT2D eigenvalue weighted by molar-refractivity contribution is -0.132. The average Bonchev–Trinajstić information content (AvgIpc) is 2.69. The first kappa shape index (κ1) is 18.5. The smallest absolute Gasteiger partial charge is 0.232 e. The van der Waals surface area contributed by atoms with E-state index in [4.69, 9.17) is 5.73 Å². The lowest BCUT2D eigenvalue weighted by atomic mass is 9.96. The number of amides is 2. The zero-order valence-corrected chi connectivity index (χ0v) is 15.5. The summed E-state index contributed by atoms with van der Waals surface area (Å²) in [4.78, 5) is 25.8. The molecule has 5 heteroatoms. The van der Waals surface area contributed by atoms with Gasteiger partial charge in [-0.15, -0.1) is 11.8 Å². The molecule has 0 aliphatic carbocycles. The molecule has 2 aromatic rings. The summed E-state index contributed by atoms with van der Waals surface area (Å²) >= 11 is 1.65. The number of piperidine rings is 1. The first-order chi connectivity index (χ1) is 12.6. The number of carbonyl (C=O) groups excluding carboxylic acids is 2. The molecule has 0 unspecified atom stereocenters. The van der Waals surface area contributed by atoms with Gasteiger partial charge < -0.3 is 10.6 Å². The molecular weight excluding hydrogens is 344 g/mol. The Kier molecular flexibility index (Phi) is 6.34. The molecule has 136 valence electrons. The third-order valence-corrected chi connectivity index (χ3v) is 6.12. The van der Waals surface area contributed by atoms with E-state index in [-0.39, 0.29) is 23.0 Å². The van der Waals surface area contributed by atoms with Gasteiger partial charge in [-0.1, -0.05) is 60.7 Å². The minimum atomic E-state index is -0.250. The molecule has 1 saturated heterocycles. The maximum absolute atomic E-state index is 12.6. The van der Waals surface area contributed by atoms with Crippen molar-refractivity contribution in [3.63, 3.8) is 0 Å². The molecule has 0 spiro atoms. The number of carbonyl (C=O) groups is 2. The van der Waals surface area contributed by atoms with Crippen LogP contribution >= 0.6 is 11.8 Å². The van der Waals surface area contributed by atoms with Crippen LogP contribution in [-0.2, 0) is 9.59 Å². The van der Waals surface area contributed by atoms with Crippen LogP contribution in [0.25, 0.3) is 0 Å². The van der Waals surface area contributed by atoms with E-state index in [9.17, 15) is 9.59 Å². The Morgan fingerprint density at radius 3 is 1.92 bits per heavy atom. The quantitative estimate of drug-likeness (QED) is 0.851. The van der Waals surface area contributed by atoms with Crippen molar-refractivity contribution in [1.82, 2.24) is 4.90 Å². The molecule has 0 atom stereocenters. The summed E-state index contributed by atoms with van der Waals surface area (Å²) in [6, 6.07) is 20.5. The summed E-state index contributed by atoms with van der Waals surface area (Å²) < 4.78 is 0. The predicted octanol–water partition coefficient (Wildman–Crippen LogP) is 3.23. The topological polar surface area (TPSA) is 63.4 Å². The van der Waals surface area contributed by atoms with Crippen molar-refractivity contribution in [2.24, 2.45) is 11.7 Å². The maximum atomic E-state index is 12.6. The molecule has 3 rings (SSSR count). The molecule has 0 saturated carbocycles. The first-order valence-corrected chi connectivity index (χ1v) is 9.98. The van der Waals surface area contributed by atoms with Crippen molar-refractivity contribution >= 4 is 23.6 Å². The summed E-state index contributed by atoms with van der Waals surface area (Å²) in [6.45, 7) is 1.24. The van der Waals surface area contributed by atoms with Crippen LogP contribution in [0.2, 0.25) is 0 Å². The first-order valence-electron chi connectivity index (χ1n) is 8.93. The third kappa shape index (κ3) is 4.67. The number of nitrogens with zero attached hydrogens (tertiary/aromatic N) is 1. The predicted molar refractivity (Wildman–Crippen MR) is 106 cm³/mol. The lowest BCUT2D eigenvalue weighted by Crippen LogP contribution is -2.42. The summed E-state index contributed by atoms with van der Waals surface area (Å²) in [5, 5.41) is 0.129. The van der Waals surface area contributed by atoms with Gasteiger partial charge in [0, 0.05) is 19.0 Å². The number of nitrogens with two attached hydrogens (primary N) is 1. The van der Waals surface area contributed by atoms with Crippen molar-refractivity contribution in [3.05, 3.63) is 71.8 Å². The van der Waals surface area contributed by atoms with E-state index in [1.165, 1.54) is 11.1 Å².